The Morgan fingerprint density at radius 1 is 0.357 bits per heavy atom. The molecule has 0 atom stereocenters. The summed E-state index contributed by atoms with van der Waals surface area (Å²) in [4.78, 5) is 15.5. The molecule has 0 amide bonds. The lowest BCUT2D eigenvalue weighted by Gasteiger charge is -2.11. The average Bonchev–Trinajstić information content (AvgIpc) is 3.86. The summed E-state index contributed by atoms with van der Waals surface area (Å²) in [6.45, 7) is 0. The van der Waals surface area contributed by atoms with Crippen molar-refractivity contribution < 1.29 is 4.42 Å². The van der Waals surface area contributed by atoms with Gasteiger partial charge in [-0.2, -0.15) is 0 Å². The smallest absolute Gasteiger partial charge is 0.167 e. The van der Waals surface area contributed by atoms with Crippen LogP contribution < -0.4 is 0 Å². The van der Waals surface area contributed by atoms with Crippen LogP contribution in [0.5, 0.6) is 0 Å². The highest BCUT2D eigenvalue weighted by Gasteiger charge is 2.21. The molecule has 56 heavy (non-hydrogen) atoms. The molecule has 0 unspecified atom stereocenters. The Kier molecular flexibility index (Phi) is 7.64. The van der Waals surface area contributed by atoms with Gasteiger partial charge in [-0.15, -0.1) is 11.3 Å². The molecule has 0 saturated heterocycles. The van der Waals surface area contributed by atoms with Crippen molar-refractivity contribution in [1.82, 2.24) is 15.0 Å². The Morgan fingerprint density at radius 2 is 0.911 bits per heavy atom. The monoisotopic (exact) mass is 733 g/mol. The first kappa shape index (κ1) is 32.2. The van der Waals surface area contributed by atoms with E-state index in [0.29, 0.717) is 17.5 Å². The van der Waals surface area contributed by atoms with Crippen LogP contribution in [-0.4, -0.2) is 15.0 Å². The zero-order valence-corrected chi connectivity index (χ0v) is 30.9. The second kappa shape index (κ2) is 13.3. The van der Waals surface area contributed by atoms with E-state index in [1.165, 1.54) is 31.3 Å². The van der Waals surface area contributed by atoms with Crippen LogP contribution in [0.4, 0.5) is 0 Å². The number of furan rings is 1. The zero-order chi connectivity index (χ0) is 37.0. The van der Waals surface area contributed by atoms with Crippen molar-refractivity contribution in [3.8, 4) is 67.5 Å². The largest absolute Gasteiger partial charge is 0.455 e. The Bertz CT molecular complexity index is 3230. The number of aromatic nitrogens is 3. The summed E-state index contributed by atoms with van der Waals surface area (Å²) >= 11 is 1.84. The van der Waals surface area contributed by atoms with E-state index in [0.717, 1.165) is 60.9 Å². The van der Waals surface area contributed by atoms with Gasteiger partial charge in [-0.05, 0) is 57.6 Å². The standard InChI is InChI=1S/C51H31N3OS/c1-4-14-32(15-5-1)33-26-28-36(29-27-33)50-52-49(35-18-8-3-9-19-35)53-51(54-50)43-31-37(30-42-40-20-10-11-24-44(40)55-47(42)43)39-22-12-23-41-46-38(34-16-6-2-7-17-34)21-13-25-45(46)56-48(39)41/h1-31H. The van der Waals surface area contributed by atoms with Crippen molar-refractivity contribution in [2.75, 3.05) is 0 Å². The average molecular weight is 734 g/mol. The third kappa shape index (κ3) is 5.48. The Labute approximate surface area is 327 Å². The zero-order valence-electron chi connectivity index (χ0n) is 30.1. The van der Waals surface area contributed by atoms with Gasteiger partial charge < -0.3 is 4.42 Å². The summed E-state index contributed by atoms with van der Waals surface area (Å²) in [5.74, 6) is 1.76. The molecule has 11 rings (SSSR count). The van der Waals surface area contributed by atoms with Crippen LogP contribution >= 0.6 is 11.3 Å². The minimum absolute atomic E-state index is 0.557. The van der Waals surface area contributed by atoms with E-state index in [9.17, 15) is 0 Å². The molecule has 0 N–H and O–H groups in total. The van der Waals surface area contributed by atoms with E-state index >= 15 is 0 Å². The van der Waals surface area contributed by atoms with E-state index in [1.807, 2.05) is 59.9 Å². The second-order valence-electron chi connectivity index (χ2n) is 13.9. The topological polar surface area (TPSA) is 51.8 Å². The molecule has 0 aliphatic rings. The molecule has 0 fully saturated rings. The highest BCUT2D eigenvalue weighted by Crippen LogP contribution is 2.46. The maximum atomic E-state index is 6.69. The van der Waals surface area contributed by atoms with E-state index in [-0.39, 0.29) is 0 Å². The number of hydrogen-bond donors (Lipinski definition) is 0. The quantitative estimate of drug-likeness (QED) is 0.171. The van der Waals surface area contributed by atoms with Gasteiger partial charge in [0.25, 0.3) is 0 Å². The van der Waals surface area contributed by atoms with Gasteiger partial charge in [-0.1, -0.05) is 164 Å². The van der Waals surface area contributed by atoms with Crippen molar-refractivity contribution in [2.45, 2.75) is 0 Å². The van der Waals surface area contributed by atoms with Gasteiger partial charge in [0.1, 0.15) is 11.2 Å². The summed E-state index contributed by atoms with van der Waals surface area (Å²) in [5.41, 5.74) is 11.2. The molecule has 262 valence electrons. The van der Waals surface area contributed by atoms with Gasteiger partial charge in [0.2, 0.25) is 0 Å². The first-order valence-corrected chi connectivity index (χ1v) is 19.5. The lowest BCUT2D eigenvalue weighted by molar-refractivity contribution is 0.669. The van der Waals surface area contributed by atoms with Gasteiger partial charge in [-0.25, -0.2) is 15.0 Å². The Balaban J connectivity index is 1.15. The van der Waals surface area contributed by atoms with Gasteiger partial charge in [0.05, 0.1) is 5.56 Å². The van der Waals surface area contributed by atoms with Crippen molar-refractivity contribution in [3.05, 3.63) is 188 Å². The SMILES string of the molecule is c1ccc(-c2ccc(-c3nc(-c4ccccc4)nc(-c4cc(-c5cccc6c5sc5cccc(-c7ccccc7)c56)cc5c4oc4ccccc45)n3)cc2)cc1. The highest BCUT2D eigenvalue weighted by atomic mass is 32.1. The van der Waals surface area contributed by atoms with Crippen molar-refractivity contribution in [1.29, 1.82) is 0 Å². The van der Waals surface area contributed by atoms with Crippen LogP contribution in [0.15, 0.2) is 192 Å². The molecule has 5 heteroatoms. The molecular formula is C51H31N3OS. The van der Waals surface area contributed by atoms with Crippen LogP contribution in [-0.2, 0) is 0 Å². The summed E-state index contributed by atoms with van der Waals surface area (Å²) < 4.78 is 9.19. The Hall–Kier alpha value is -7.21. The molecule has 0 aliphatic heterocycles. The predicted molar refractivity (Wildman–Crippen MR) is 233 cm³/mol. The minimum atomic E-state index is 0.557. The van der Waals surface area contributed by atoms with E-state index in [1.54, 1.807) is 0 Å². The van der Waals surface area contributed by atoms with Crippen molar-refractivity contribution in [3.63, 3.8) is 0 Å². The summed E-state index contributed by atoms with van der Waals surface area (Å²) in [6, 6.07) is 65.6. The van der Waals surface area contributed by atoms with Crippen LogP contribution in [0, 0.1) is 0 Å². The van der Waals surface area contributed by atoms with E-state index < -0.39 is 0 Å². The predicted octanol–water partition coefficient (Wildman–Crippen LogP) is 14.1. The molecule has 3 aromatic heterocycles. The summed E-state index contributed by atoms with van der Waals surface area (Å²) in [6.07, 6.45) is 0. The fourth-order valence-electron chi connectivity index (χ4n) is 7.87. The van der Waals surface area contributed by atoms with Gasteiger partial charge in [0.15, 0.2) is 17.5 Å². The molecule has 0 spiro atoms. The normalized spacial score (nSPS) is 11.6. The number of para-hydroxylation sites is 1. The van der Waals surface area contributed by atoms with Crippen LogP contribution in [0.1, 0.15) is 0 Å². The fourth-order valence-corrected chi connectivity index (χ4v) is 9.13. The number of nitrogens with zero attached hydrogens (tertiary/aromatic N) is 3. The highest BCUT2D eigenvalue weighted by molar-refractivity contribution is 7.26. The number of fused-ring (bicyclic) bond motifs is 6. The molecule has 0 saturated carbocycles. The molecule has 3 heterocycles. The van der Waals surface area contributed by atoms with E-state index in [2.05, 4.69) is 140 Å². The van der Waals surface area contributed by atoms with Crippen molar-refractivity contribution in [2.24, 2.45) is 0 Å². The summed E-state index contributed by atoms with van der Waals surface area (Å²) in [7, 11) is 0. The molecule has 0 aliphatic carbocycles. The minimum Gasteiger partial charge on any atom is -0.455 e. The maximum Gasteiger partial charge on any atom is 0.167 e. The number of hydrogen-bond acceptors (Lipinski definition) is 5. The maximum absolute atomic E-state index is 6.69. The molecule has 8 aromatic carbocycles. The number of benzene rings is 8. The Morgan fingerprint density at radius 3 is 1.66 bits per heavy atom. The van der Waals surface area contributed by atoms with Gasteiger partial charge in [0, 0.05) is 42.1 Å². The molecular weight excluding hydrogens is 703 g/mol. The molecule has 0 bridgehead atoms. The van der Waals surface area contributed by atoms with Crippen molar-refractivity contribution >= 4 is 53.4 Å². The fraction of sp³-hybridized carbons (Fsp3) is 0. The molecule has 11 aromatic rings. The third-order valence-electron chi connectivity index (χ3n) is 10.6. The van der Waals surface area contributed by atoms with Crippen LogP contribution in [0.25, 0.3) is 110 Å². The lowest BCUT2D eigenvalue weighted by Crippen LogP contribution is -2.00. The first-order chi connectivity index (χ1) is 27.7. The van der Waals surface area contributed by atoms with Crippen LogP contribution in [0.2, 0.25) is 0 Å². The molecule has 0 radical (unpaired) electrons. The lowest BCUT2D eigenvalue weighted by atomic mass is 9.95. The number of rotatable bonds is 6. The van der Waals surface area contributed by atoms with Crippen LogP contribution in [0.3, 0.4) is 0 Å². The summed E-state index contributed by atoms with van der Waals surface area (Å²) in [5, 5.41) is 4.60. The second-order valence-corrected chi connectivity index (χ2v) is 15.0. The molecule has 4 nitrogen and oxygen atoms in total. The number of thiophene rings is 1. The van der Waals surface area contributed by atoms with Gasteiger partial charge >= 0.3 is 0 Å². The van der Waals surface area contributed by atoms with Gasteiger partial charge in [-0.3, -0.25) is 0 Å². The first-order valence-electron chi connectivity index (χ1n) is 18.7. The van der Waals surface area contributed by atoms with E-state index in [4.69, 9.17) is 19.4 Å². The third-order valence-corrected chi connectivity index (χ3v) is 11.8.